The predicted molar refractivity (Wildman–Crippen MR) is 135 cm³/mol. The maximum absolute atomic E-state index is 12.7. The number of anilines is 1. The number of fused-ring (bicyclic) bond motifs is 1. The van der Waals surface area contributed by atoms with Crippen molar-refractivity contribution >= 4 is 44.2 Å². The summed E-state index contributed by atoms with van der Waals surface area (Å²) < 4.78 is 33.1. The number of benzene rings is 3. The van der Waals surface area contributed by atoms with Crippen molar-refractivity contribution in [3.8, 4) is 0 Å². The van der Waals surface area contributed by atoms with E-state index in [2.05, 4.69) is 15.0 Å². The van der Waals surface area contributed by atoms with E-state index in [0.717, 1.165) is 35.6 Å². The number of nitrogens with one attached hydrogen (secondary N) is 2. The van der Waals surface area contributed by atoms with Crippen LogP contribution >= 0.6 is 0 Å². The molecule has 8 nitrogen and oxygen atoms in total. The lowest BCUT2D eigenvalue weighted by Crippen LogP contribution is -2.30. The maximum Gasteiger partial charge on any atom is 0.310 e. The third kappa shape index (κ3) is 6.89. The van der Waals surface area contributed by atoms with Gasteiger partial charge >= 0.3 is 5.97 Å². The topological polar surface area (TPSA) is 114 Å². The molecule has 1 aliphatic heterocycles. The fourth-order valence-corrected chi connectivity index (χ4v) is 4.96. The van der Waals surface area contributed by atoms with Gasteiger partial charge in [-0.05, 0) is 47.4 Å². The summed E-state index contributed by atoms with van der Waals surface area (Å²) in [7, 11) is -3.83. The van der Waals surface area contributed by atoms with Gasteiger partial charge in [-0.25, -0.2) is 8.42 Å². The molecule has 2 N–H and O–H groups in total. The number of hydrogen-bond donors (Lipinski definition) is 2. The van der Waals surface area contributed by atoms with Gasteiger partial charge in [-0.3, -0.25) is 19.3 Å². The molecule has 0 fully saturated rings. The molecule has 1 heterocycles. The molecular weight excluding hydrogens is 466 g/mol. The number of carbonyl (C=O) groups is 2. The van der Waals surface area contributed by atoms with E-state index >= 15 is 0 Å². The minimum absolute atomic E-state index is 0.00976. The van der Waals surface area contributed by atoms with E-state index in [-0.39, 0.29) is 17.0 Å². The summed E-state index contributed by atoms with van der Waals surface area (Å²) in [6.45, 7) is 0.131. The number of ether oxygens (including phenoxy) is 1. The Balaban J connectivity index is 1.31. The Morgan fingerprint density at radius 3 is 2.60 bits per heavy atom. The van der Waals surface area contributed by atoms with Gasteiger partial charge in [0.25, 0.3) is 15.9 Å². The Bertz CT molecular complexity index is 1370. The largest absolute Gasteiger partial charge is 0.455 e. The average Bonchev–Trinajstić information content (AvgIpc) is 3.11. The van der Waals surface area contributed by atoms with Crippen molar-refractivity contribution in [1.82, 2.24) is 4.72 Å². The number of amides is 1. The van der Waals surface area contributed by atoms with Crippen LogP contribution in [0.25, 0.3) is 10.8 Å². The van der Waals surface area contributed by atoms with Gasteiger partial charge in [0, 0.05) is 18.7 Å². The van der Waals surface area contributed by atoms with E-state index in [0.29, 0.717) is 18.8 Å². The Hall–Kier alpha value is -3.72. The third-order valence-electron chi connectivity index (χ3n) is 5.58. The first-order valence-electron chi connectivity index (χ1n) is 11.5. The Morgan fingerprint density at radius 1 is 0.914 bits per heavy atom. The summed E-state index contributed by atoms with van der Waals surface area (Å²) in [6, 6.07) is 19.4. The van der Waals surface area contributed by atoms with E-state index in [9.17, 15) is 18.0 Å². The second-order valence-corrected chi connectivity index (χ2v) is 10.0. The normalized spacial score (nSPS) is 14.0. The highest BCUT2D eigenvalue weighted by Crippen LogP contribution is 2.18. The first kappa shape index (κ1) is 24.4. The molecule has 0 unspecified atom stereocenters. The molecule has 4 rings (SSSR count). The van der Waals surface area contributed by atoms with Crippen LogP contribution < -0.4 is 10.0 Å². The van der Waals surface area contributed by atoms with E-state index in [1.807, 2.05) is 42.5 Å². The summed E-state index contributed by atoms with van der Waals surface area (Å²) in [6.07, 6.45) is 3.47. The zero-order valence-electron chi connectivity index (χ0n) is 19.2. The van der Waals surface area contributed by atoms with Gasteiger partial charge in [0.05, 0.1) is 11.3 Å². The van der Waals surface area contributed by atoms with Crippen molar-refractivity contribution in [3.63, 3.8) is 0 Å². The molecule has 0 saturated heterocycles. The SMILES string of the molecule is O=C(COC(=O)Cc1ccc2ccccc2c1)Nc1cccc(S(=O)(=O)NC2=NCCCCC2)c1. The Morgan fingerprint density at radius 2 is 1.74 bits per heavy atom. The van der Waals surface area contributed by atoms with E-state index in [1.54, 1.807) is 6.07 Å². The molecule has 0 radical (unpaired) electrons. The van der Waals surface area contributed by atoms with Crippen molar-refractivity contribution < 1.29 is 22.7 Å². The number of hydrogen-bond acceptors (Lipinski definition) is 6. The predicted octanol–water partition coefficient (Wildman–Crippen LogP) is 3.82. The summed E-state index contributed by atoms with van der Waals surface area (Å²) in [5.41, 5.74) is 1.07. The molecule has 1 aliphatic rings. The molecule has 0 aromatic heterocycles. The molecule has 0 bridgehead atoms. The van der Waals surface area contributed by atoms with Gasteiger partial charge < -0.3 is 10.1 Å². The number of sulfonamides is 1. The smallest absolute Gasteiger partial charge is 0.310 e. The Kier molecular flexibility index (Phi) is 7.77. The molecular formula is C26H27N3O5S. The molecule has 9 heteroatoms. The van der Waals surface area contributed by atoms with Crippen LogP contribution in [-0.4, -0.2) is 39.3 Å². The Labute approximate surface area is 204 Å². The summed E-state index contributed by atoms with van der Waals surface area (Å²) in [4.78, 5) is 28.8. The van der Waals surface area contributed by atoms with Crippen molar-refractivity contribution in [2.24, 2.45) is 4.99 Å². The van der Waals surface area contributed by atoms with Gasteiger partial charge in [0.15, 0.2) is 6.61 Å². The van der Waals surface area contributed by atoms with E-state index in [4.69, 9.17) is 4.74 Å². The highest BCUT2D eigenvalue weighted by Gasteiger charge is 2.18. The zero-order valence-corrected chi connectivity index (χ0v) is 20.0. The lowest BCUT2D eigenvalue weighted by molar-refractivity contribution is -0.146. The maximum atomic E-state index is 12.7. The second-order valence-electron chi connectivity index (χ2n) is 8.34. The van der Waals surface area contributed by atoms with Crippen LogP contribution in [0.4, 0.5) is 5.69 Å². The van der Waals surface area contributed by atoms with Crippen LogP contribution in [0.1, 0.15) is 31.2 Å². The standard InChI is InChI=1S/C26H27N3O5S/c30-25(18-34-26(31)16-19-12-13-20-7-3-4-8-21(20)15-19)28-22-9-6-10-23(17-22)35(32,33)29-24-11-2-1-5-14-27-24/h3-4,6-10,12-13,15,17H,1-2,5,11,14,16,18H2,(H,27,29)(H,28,30). The minimum Gasteiger partial charge on any atom is -0.455 e. The van der Waals surface area contributed by atoms with Crippen LogP contribution in [-0.2, 0) is 30.8 Å². The number of carbonyl (C=O) groups excluding carboxylic acids is 2. The van der Waals surface area contributed by atoms with Crippen molar-refractivity contribution in [1.29, 1.82) is 0 Å². The lowest BCUT2D eigenvalue weighted by atomic mass is 10.1. The summed E-state index contributed by atoms with van der Waals surface area (Å²) >= 11 is 0. The molecule has 0 spiro atoms. The van der Waals surface area contributed by atoms with Gasteiger partial charge in [-0.1, -0.05) is 55.0 Å². The number of nitrogens with zero attached hydrogens (tertiary/aromatic N) is 1. The molecule has 0 aliphatic carbocycles. The van der Waals surface area contributed by atoms with Crippen LogP contribution in [0.15, 0.2) is 76.6 Å². The first-order valence-corrected chi connectivity index (χ1v) is 13.0. The third-order valence-corrected chi connectivity index (χ3v) is 6.96. The fraction of sp³-hybridized carbons (Fsp3) is 0.269. The zero-order chi connectivity index (χ0) is 24.7. The minimum atomic E-state index is -3.83. The highest BCUT2D eigenvalue weighted by atomic mass is 32.2. The van der Waals surface area contributed by atoms with Crippen LogP contribution in [0.5, 0.6) is 0 Å². The molecule has 0 saturated carbocycles. The van der Waals surface area contributed by atoms with Gasteiger partial charge in [0.1, 0.15) is 5.84 Å². The van der Waals surface area contributed by atoms with Gasteiger partial charge in [0.2, 0.25) is 0 Å². The molecule has 0 atom stereocenters. The van der Waals surface area contributed by atoms with Gasteiger partial charge in [-0.15, -0.1) is 0 Å². The van der Waals surface area contributed by atoms with Crippen LogP contribution in [0.2, 0.25) is 0 Å². The van der Waals surface area contributed by atoms with Gasteiger partial charge in [-0.2, -0.15) is 0 Å². The molecule has 1 amide bonds. The van der Waals surface area contributed by atoms with E-state index < -0.39 is 28.5 Å². The highest BCUT2D eigenvalue weighted by molar-refractivity contribution is 7.90. The van der Waals surface area contributed by atoms with Crippen molar-refractivity contribution in [2.75, 3.05) is 18.5 Å². The van der Waals surface area contributed by atoms with Crippen LogP contribution in [0, 0.1) is 0 Å². The molecule has 3 aromatic rings. The summed E-state index contributed by atoms with van der Waals surface area (Å²) in [5.74, 6) is -0.636. The number of aliphatic imine (C=N–C) groups is 1. The quantitative estimate of drug-likeness (QED) is 0.486. The first-order chi connectivity index (χ1) is 16.9. The second kappa shape index (κ2) is 11.1. The average molecular weight is 494 g/mol. The van der Waals surface area contributed by atoms with Crippen LogP contribution in [0.3, 0.4) is 0 Å². The molecule has 182 valence electrons. The molecule has 3 aromatic carbocycles. The number of amidine groups is 1. The fourth-order valence-electron chi connectivity index (χ4n) is 3.82. The van der Waals surface area contributed by atoms with E-state index in [1.165, 1.54) is 18.2 Å². The number of rotatable bonds is 7. The number of esters is 1. The molecule has 35 heavy (non-hydrogen) atoms. The summed E-state index contributed by atoms with van der Waals surface area (Å²) in [5, 5.41) is 4.67. The monoisotopic (exact) mass is 493 g/mol. The van der Waals surface area contributed by atoms with Crippen molar-refractivity contribution in [3.05, 3.63) is 72.3 Å². The van der Waals surface area contributed by atoms with Crippen molar-refractivity contribution in [2.45, 2.75) is 37.0 Å². The lowest BCUT2D eigenvalue weighted by Gasteiger charge is -2.11.